The van der Waals surface area contributed by atoms with Gasteiger partial charge in [0.05, 0.1) is 0 Å². The Morgan fingerprint density at radius 3 is 1.88 bits per heavy atom. The molecule has 1 nitrogen and oxygen atoms in total. The second-order valence-corrected chi connectivity index (χ2v) is 4.25. The highest BCUT2D eigenvalue weighted by molar-refractivity contribution is 5.70. The Balaban J connectivity index is 2.29. The number of rotatable bonds is 3. The maximum atomic E-state index is 5.57. The average molecular weight is 223 g/mol. The van der Waals surface area contributed by atoms with Crippen LogP contribution in [0.2, 0.25) is 0 Å². The van der Waals surface area contributed by atoms with Gasteiger partial charge in [-0.2, -0.15) is 0 Å². The van der Waals surface area contributed by atoms with Gasteiger partial charge in [0, 0.05) is 6.54 Å². The quantitative estimate of drug-likeness (QED) is 0.844. The normalized spacial score (nSPS) is 10.2. The first kappa shape index (κ1) is 11.6. The molecule has 0 aliphatic rings. The van der Waals surface area contributed by atoms with E-state index in [1.165, 1.54) is 16.7 Å². The summed E-state index contributed by atoms with van der Waals surface area (Å²) in [5, 5.41) is 0. The van der Waals surface area contributed by atoms with Crippen LogP contribution in [0.15, 0.2) is 55.1 Å². The number of benzene rings is 2. The zero-order valence-corrected chi connectivity index (χ0v) is 10.1. The maximum Gasteiger partial charge on any atom is 0.0178 e. The van der Waals surface area contributed by atoms with E-state index in [1.54, 1.807) is 0 Å². The summed E-state index contributed by atoms with van der Waals surface area (Å²) >= 11 is 0. The minimum Gasteiger partial charge on any atom is -0.326 e. The highest BCUT2D eigenvalue weighted by Crippen LogP contribution is 2.22. The van der Waals surface area contributed by atoms with E-state index in [9.17, 15) is 0 Å². The third kappa shape index (κ3) is 2.63. The van der Waals surface area contributed by atoms with Crippen molar-refractivity contribution in [2.75, 3.05) is 6.54 Å². The molecule has 0 radical (unpaired) electrons. The first-order valence-electron chi connectivity index (χ1n) is 5.76. The molecule has 17 heavy (non-hydrogen) atoms. The van der Waals surface area contributed by atoms with Crippen LogP contribution in [0.3, 0.4) is 0 Å². The van der Waals surface area contributed by atoms with E-state index in [-0.39, 0.29) is 0 Å². The minimum atomic E-state index is 0.504. The lowest BCUT2D eigenvalue weighted by Gasteiger charge is -2.06. The molecular formula is C16H17N. The average Bonchev–Trinajstić information content (AvgIpc) is 2.39. The molecule has 2 aromatic rings. The number of aryl methyl sites for hydroxylation is 1. The van der Waals surface area contributed by atoms with Gasteiger partial charge >= 0.3 is 0 Å². The lowest BCUT2D eigenvalue weighted by atomic mass is 10.0. The smallest absolute Gasteiger partial charge is 0.0178 e. The molecule has 0 unspecified atom stereocenters. The summed E-state index contributed by atoms with van der Waals surface area (Å²) in [6, 6.07) is 16.9. The van der Waals surface area contributed by atoms with Crippen LogP contribution < -0.4 is 5.73 Å². The van der Waals surface area contributed by atoms with Crippen LogP contribution in [-0.2, 0) is 0 Å². The molecule has 0 heterocycles. The lowest BCUT2D eigenvalue weighted by molar-refractivity contribution is 1.27. The summed E-state index contributed by atoms with van der Waals surface area (Å²) in [5.41, 5.74) is 11.4. The molecule has 0 spiro atoms. The molecule has 86 valence electrons. The molecule has 0 aliphatic carbocycles. The summed E-state index contributed by atoms with van der Waals surface area (Å²) in [4.78, 5) is 0. The summed E-state index contributed by atoms with van der Waals surface area (Å²) in [7, 11) is 0. The fraction of sp³-hybridized carbons (Fsp3) is 0.125. The fourth-order valence-corrected chi connectivity index (χ4v) is 1.76. The molecule has 0 aromatic heterocycles. The Hall–Kier alpha value is -1.86. The Labute approximate surface area is 103 Å². The van der Waals surface area contributed by atoms with Crippen molar-refractivity contribution in [1.29, 1.82) is 0 Å². The highest BCUT2D eigenvalue weighted by Gasteiger charge is 1.99. The van der Waals surface area contributed by atoms with Crippen molar-refractivity contribution in [3.8, 4) is 11.1 Å². The number of hydrogen-bond donors (Lipinski definition) is 1. The van der Waals surface area contributed by atoms with Gasteiger partial charge in [-0.25, -0.2) is 0 Å². The van der Waals surface area contributed by atoms with Crippen molar-refractivity contribution in [2.24, 2.45) is 5.73 Å². The van der Waals surface area contributed by atoms with E-state index in [0.29, 0.717) is 6.54 Å². The van der Waals surface area contributed by atoms with Gasteiger partial charge in [-0.05, 0) is 29.2 Å². The predicted octanol–water partition coefficient (Wildman–Crippen LogP) is 3.63. The summed E-state index contributed by atoms with van der Waals surface area (Å²) in [6.45, 7) is 6.53. The van der Waals surface area contributed by atoms with Crippen molar-refractivity contribution in [3.63, 3.8) is 0 Å². The SMILES string of the molecule is C=C(CN)c1ccc(-c2ccc(C)cc2)cc1. The standard InChI is InChI=1S/C16H17N/c1-12-3-5-15(6-4-12)16-9-7-14(8-10-16)13(2)11-17/h3-10H,2,11,17H2,1H3. The Morgan fingerprint density at radius 1 is 0.941 bits per heavy atom. The monoisotopic (exact) mass is 223 g/mol. The van der Waals surface area contributed by atoms with Crippen LogP contribution in [0.1, 0.15) is 11.1 Å². The van der Waals surface area contributed by atoms with E-state index < -0.39 is 0 Å². The lowest BCUT2D eigenvalue weighted by Crippen LogP contribution is -2.00. The predicted molar refractivity (Wildman–Crippen MR) is 74.7 cm³/mol. The molecule has 0 saturated heterocycles. The fourth-order valence-electron chi connectivity index (χ4n) is 1.76. The van der Waals surface area contributed by atoms with Gasteiger partial charge in [0.15, 0.2) is 0 Å². The van der Waals surface area contributed by atoms with Crippen molar-refractivity contribution in [2.45, 2.75) is 6.92 Å². The molecule has 1 heteroatoms. The minimum absolute atomic E-state index is 0.504. The molecule has 0 saturated carbocycles. The first-order chi connectivity index (χ1) is 8.20. The van der Waals surface area contributed by atoms with Crippen molar-refractivity contribution in [3.05, 3.63) is 66.2 Å². The molecule has 2 N–H and O–H groups in total. The van der Waals surface area contributed by atoms with Gasteiger partial charge < -0.3 is 5.73 Å². The maximum absolute atomic E-state index is 5.57. The van der Waals surface area contributed by atoms with Crippen LogP contribution in [0.4, 0.5) is 0 Å². The van der Waals surface area contributed by atoms with Crippen molar-refractivity contribution < 1.29 is 0 Å². The Kier molecular flexibility index (Phi) is 3.40. The van der Waals surface area contributed by atoms with Crippen LogP contribution >= 0.6 is 0 Å². The topological polar surface area (TPSA) is 26.0 Å². The largest absolute Gasteiger partial charge is 0.326 e. The third-order valence-electron chi connectivity index (χ3n) is 2.92. The zero-order valence-electron chi connectivity index (χ0n) is 10.1. The van der Waals surface area contributed by atoms with Gasteiger partial charge in [-0.15, -0.1) is 0 Å². The van der Waals surface area contributed by atoms with Crippen molar-refractivity contribution in [1.82, 2.24) is 0 Å². The van der Waals surface area contributed by atoms with E-state index in [4.69, 9.17) is 5.73 Å². The summed E-state index contributed by atoms with van der Waals surface area (Å²) in [6.07, 6.45) is 0. The summed E-state index contributed by atoms with van der Waals surface area (Å²) < 4.78 is 0. The van der Waals surface area contributed by atoms with Gasteiger partial charge in [-0.3, -0.25) is 0 Å². The summed E-state index contributed by atoms with van der Waals surface area (Å²) in [5.74, 6) is 0. The molecule has 0 bridgehead atoms. The number of hydrogen-bond acceptors (Lipinski definition) is 1. The molecular weight excluding hydrogens is 206 g/mol. The van der Waals surface area contributed by atoms with Gasteiger partial charge in [-0.1, -0.05) is 60.7 Å². The van der Waals surface area contributed by atoms with Crippen LogP contribution in [0, 0.1) is 6.92 Å². The van der Waals surface area contributed by atoms with Crippen LogP contribution in [-0.4, -0.2) is 6.54 Å². The van der Waals surface area contributed by atoms with E-state index >= 15 is 0 Å². The Bertz CT molecular complexity index is 506. The molecule has 0 aliphatic heterocycles. The van der Waals surface area contributed by atoms with Crippen LogP contribution in [0.25, 0.3) is 16.7 Å². The molecule has 0 fully saturated rings. The van der Waals surface area contributed by atoms with E-state index in [0.717, 1.165) is 11.1 Å². The van der Waals surface area contributed by atoms with Crippen LogP contribution in [0.5, 0.6) is 0 Å². The van der Waals surface area contributed by atoms with E-state index in [1.807, 2.05) is 0 Å². The first-order valence-corrected chi connectivity index (χ1v) is 5.76. The third-order valence-corrected chi connectivity index (χ3v) is 2.92. The highest BCUT2D eigenvalue weighted by atomic mass is 14.5. The second kappa shape index (κ2) is 4.98. The number of nitrogens with two attached hydrogens (primary N) is 1. The molecule has 0 atom stereocenters. The molecule has 2 aromatic carbocycles. The van der Waals surface area contributed by atoms with Crippen molar-refractivity contribution >= 4 is 5.57 Å². The van der Waals surface area contributed by atoms with Gasteiger partial charge in [0.2, 0.25) is 0 Å². The Morgan fingerprint density at radius 2 is 1.41 bits per heavy atom. The van der Waals surface area contributed by atoms with Gasteiger partial charge in [0.1, 0.15) is 0 Å². The zero-order chi connectivity index (χ0) is 12.3. The second-order valence-electron chi connectivity index (χ2n) is 4.25. The van der Waals surface area contributed by atoms with E-state index in [2.05, 4.69) is 62.0 Å². The molecule has 0 amide bonds. The molecule has 2 rings (SSSR count). The van der Waals surface area contributed by atoms with Gasteiger partial charge in [0.25, 0.3) is 0 Å².